The zero-order valence-electron chi connectivity index (χ0n) is 10.0. The molecule has 0 aliphatic rings. The van der Waals surface area contributed by atoms with E-state index in [9.17, 15) is 9.59 Å². The van der Waals surface area contributed by atoms with E-state index in [1.807, 2.05) is 13.8 Å². The van der Waals surface area contributed by atoms with Crippen molar-refractivity contribution in [2.24, 2.45) is 11.8 Å². The van der Waals surface area contributed by atoms with E-state index in [4.69, 9.17) is 4.74 Å². The summed E-state index contributed by atoms with van der Waals surface area (Å²) in [5.74, 6) is 0.0123. The number of hydrogen-bond donors (Lipinski definition) is 1. The molecule has 0 aromatic heterocycles. The van der Waals surface area contributed by atoms with Crippen LogP contribution in [-0.4, -0.2) is 25.0 Å². The van der Waals surface area contributed by atoms with Crippen LogP contribution < -0.4 is 5.32 Å². The van der Waals surface area contributed by atoms with Crippen LogP contribution >= 0.6 is 0 Å². The van der Waals surface area contributed by atoms with Crippen molar-refractivity contribution in [3.8, 4) is 0 Å². The number of esters is 1. The van der Waals surface area contributed by atoms with E-state index in [0.29, 0.717) is 18.9 Å². The van der Waals surface area contributed by atoms with Crippen LogP contribution in [0.15, 0.2) is 0 Å². The van der Waals surface area contributed by atoms with Crippen LogP contribution in [0, 0.1) is 11.8 Å². The van der Waals surface area contributed by atoms with E-state index in [1.54, 1.807) is 13.8 Å². The lowest BCUT2D eigenvalue weighted by atomic mass is 10.1. The summed E-state index contributed by atoms with van der Waals surface area (Å²) in [5.41, 5.74) is 0. The number of hydrogen-bond acceptors (Lipinski definition) is 3. The topological polar surface area (TPSA) is 55.4 Å². The van der Waals surface area contributed by atoms with Crippen LogP contribution in [0.25, 0.3) is 0 Å². The Morgan fingerprint density at radius 3 is 2.27 bits per heavy atom. The molecular formula is C11H21NO3. The summed E-state index contributed by atoms with van der Waals surface area (Å²) >= 11 is 0. The van der Waals surface area contributed by atoms with E-state index in [-0.39, 0.29) is 24.4 Å². The first kappa shape index (κ1) is 13.9. The van der Waals surface area contributed by atoms with Crippen LogP contribution in [0.2, 0.25) is 0 Å². The molecule has 0 fully saturated rings. The van der Waals surface area contributed by atoms with Gasteiger partial charge < -0.3 is 10.1 Å². The van der Waals surface area contributed by atoms with Gasteiger partial charge in [-0.05, 0) is 5.92 Å². The Kier molecular flexibility index (Phi) is 6.75. The van der Waals surface area contributed by atoms with Crippen LogP contribution in [0.4, 0.5) is 0 Å². The van der Waals surface area contributed by atoms with Gasteiger partial charge in [0.2, 0.25) is 5.91 Å². The summed E-state index contributed by atoms with van der Waals surface area (Å²) in [4.78, 5) is 22.2. The molecule has 0 unspecified atom stereocenters. The third kappa shape index (κ3) is 7.97. The zero-order chi connectivity index (χ0) is 11.8. The van der Waals surface area contributed by atoms with Gasteiger partial charge in [0.25, 0.3) is 0 Å². The largest absolute Gasteiger partial charge is 0.464 e. The lowest BCUT2D eigenvalue weighted by molar-refractivity contribution is -0.147. The Morgan fingerprint density at radius 1 is 1.20 bits per heavy atom. The molecule has 0 saturated carbocycles. The van der Waals surface area contributed by atoms with Crippen LogP contribution in [0.5, 0.6) is 0 Å². The van der Waals surface area contributed by atoms with E-state index >= 15 is 0 Å². The fourth-order valence-electron chi connectivity index (χ4n) is 0.952. The molecule has 0 aromatic rings. The molecular weight excluding hydrogens is 194 g/mol. The van der Waals surface area contributed by atoms with Crippen molar-refractivity contribution in [3.63, 3.8) is 0 Å². The number of carbonyl (C=O) groups is 2. The number of nitrogens with one attached hydrogen (secondary N) is 1. The average Bonchev–Trinajstić information content (AvgIpc) is 2.10. The molecule has 0 rings (SSSR count). The van der Waals surface area contributed by atoms with Gasteiger partial charge in [-0.3, -0.25) is 9.59 Å². The summed E-state index contributed by atoms with van der Waals surface area (Å²) in [7, 11) is 0. The lowest BCUT2D eigenvalue weighted by Gasteiger charge is -2.09. The van der Waals surface area contributed by atoms with Crippen molar-refractivity contribution in [1.29, 1.82) is 0 Å². The van der Waals surface area contributed by atoms with Gasteiger partial charge in [-0.2, -0.15) is 0 Å². The molecule has 4 nitrogen and oxygen atoms in total. The monoisotopic (exact) mass is 215 g/mol. The van der Waals surface area contributed by atoms with Gasteiger partial charge in [-0.1, -0.05) is 27.7 Å². The smallest absolute Gasteiger partial charge is 0.308 e. The third-order valence-electron chi connectivity index (χ3n) is 1.73. The second-order valence-electron chi connectivity index (χ2n) is 4.27. The molecule has 88 valence electrons. The molecule has 0 aliphatic carbocycles. The number of ether oxygens (including phenoxy) is 1. The molecule has 4 heteroatoms. The van der Waals surface area contributed by atoms with Crippen molar-refractivity contribution in [2.75, 3.05) is 13.2 Å². The summed E-state index contributed by atoms with van der Waals surface area (Å²) in [5, 5.41) is 2.69. The third-order valence-corrected chi connectivity index (χ3v) is 1.73. The molecule has 0 aliphatic heterocycles. The van der Waals surface area contributed by atoms with Crippen molar-refractivity contribution in [3.05, 3.63) is 0 Å². The Bertz CT molecular complexity index is 212. The minimum Gasteiger partial charge on any atom is -0.464 e. The molecule has 0 spiro atoms. The highest BCUT2D eigenvalue weighted by molar-refractivity contribution is 5.76. The second-order valence-corrected chi connectivity index (χ2v) is 4.27. The van der Waals surface area contributed by atoms with E-state index in [0.717, 1.165) is 0 Å². The summed E-state index contributed by atoms with van der Waals surface area (Å²) in [6, 6.07) is 0. The fraction of sp³-hybridized carbons (Fsp3) is 0.818. The van der Waals surface area contributed by atoms with Crippen molar-refractivity contribution < 1.29 is 14.3 Å². The van der Waals surface area contributed by atoms with Crippen LogP contribution in [0.1, 0.15) is 34.1 Å². The Labute approximate surface area is 91.4 Å². The highest BCUT2D eigenvalue weighted by Crippen LogP contribution is 1.98. The maximum Gasteiger partial charge on any atom is 0.308 e. The zero-order valence-corrected chi connectivity index (χ0v) is 10.0. The van der Waals surface area contributed by atoms with Crippen molar-refractivity contribution in [2.45, 2.75) is 34.1 Å². The first-order chi connectivity index (χ1) is 6.93. The predicted molar refractivity (Wildman–Crippen MR) is 58.3 cm³/mol. The van der Waals surface area contributed by atoms with Crippen molar-refractivity contribution in [1.82, 2.24) is 5.32 Å². The molecule has 0 saturated heterocycles. The second kappa shape index (κ2) is 7.26. The molecule has 15 heavy (non-hydrogen) atoms. The predicted octanol–water partition coefficient (Wildman–Crippen LogP) is 1.35. The van der Waals surface area contributed by atoms with E-state index < -0.39 is 0 Å². The van der Waals surface area contributed by atoms with Crippen LogP contribution in [-0.2, 0) is 14.3 Å². The normalized spacial score (nSPS) is 10.5. The van der Waals surface area contributed by atoms with Gasteiger partial charge in [0.15, 0.2) is 0 Å². The quantitative estimate of drug-likeness (QED) is 0.537. The van der Waals surface area contributed by atoms with E-state index in [1.165, 1.54) is 0 Å². The highest BCUT2D eigenvalue weighted by Gasteiger charge is 2.08. The molecule has 1 N–H and O–H groups in total. The van der Waals surface area contributed by atoms with Gasteiger partial charge in [0.05, 0.1) is 12.5 Å². The number of carbonyl (C=O) groups excluding carboxylic acids is 2. The Morgan fingerprint density at radius 2 is 1.80 bits per heavy atom. The number of rotatable bonds is 6. The van der Waals surface area contributed by atoms with Gasteiger partial charge in [-0.15, -0.1) is 0 Å². The molecule has 0 radical (unpaired) electrons. The minimum absolute atomic E-state index is 0.00518. The first-order valence-electron chi connectivity index (χ1n) is 5.36. The molecule has 1 amide bonds. The summed E-state index contributed by atoms with van der Waals surface area (Å²) < 4.78 is 4.91. The maximum absolute atomic E-state index is 11.2. The van der Waals surface area contributed by atoms with Gasteiger partial charge in [0, 0.05) is 6.42 Å². The molecule has 0 atom stereocenters. The molecule has 0 heterocycles. The van der Waals surface area contributed by atoms with Crippen LogP contribution in [0.3, 0.4) is 0 Å². The van der Waals surface area contributed by atoms with Gasteiger partial charge >= 0.3 is 5.97 Å². The van der Waals surface area contributed by atoms with Gasteiger partial charge in [0.1, 0.15) is 6.61 Å². The van der Waals surface area contributed by atoms with Crippen molar-refractivity contribution >= 4 is 11.9 Å². The number of amides is 1. The minimum atomic E-state index is -0.229. The molecule has 0 bridgehead atoms. The Balaban J connectivity index is 3.46. The first-order valence-corrected chi connectivity index (χ1v) is 5.36. The Hall–Kier alpha value is -1.06. The maximum atomic E-state index is 11.2. The SMILES string of the molecule is CC(C)CC(=O)NCCOC(=O)C(C)C. The average molecular weight is 215 g/mol. The summed E-state index contributed by atoms with van der Waals surface area (Å²) in [6.07, 6.45) is 0.512. The fourth-order valence-corrected chi connectivity index (χ4v) is 0.952. The van der Waals surface area contributed by atoms with Gasteiger partial charge in [-0.25, -0.2) is 0 Å². The molecule has 0 aromatic carbocycles. The summed E-state index contributed by atoms with van der Waals surface area (Å²) in [6.45, 7) is 8.17. The standard InChI is InChI=1S/C11H21NO3/c1-8(2)7-10(13)12-5-6-15-11(14)9(3)4/h8-9H,5-7H2,1-4H3,(H,12,13). The van der Waals surface area contributed by atoms with E-state index in [2.05, 4.69) is 5.32 Å². The lowest BCUT2D eigenvalue weighted by Crippen LogP contribution is -2.29. The highest BCUT2D eigenvalue weighted by atomic mass is 16.5.